The highest BCUT2D eigenvalue weighted by atomic mass is 16.7. The first kappa shape index (κ1) is 22.3. The molecule has 7 nitrogen and oxygen atoms in total. The number of methoxy groups -OCH3 is 1. The van der Waals surface area contributed by atoms with Gasteiger partial charge in [-0.15, -0.1) is 0 Å². The number of esters is 1. The first-order chi connectivity index (χ1) is 14.6. The third-order valence-corrected chi connectivity index (χ3v) is 5.60. The van der Waals surface area contributed by atoms with Gasteiger partial charge in [-0.1, -0.05) is 12.1 Å². The van der Waals surface area contributed by atoms with Crippen molar-refractivity contribution in [2.75, 3.05) is 26.9 Å². The van der Waals surface area contributed by atoms with Crippen molar-refractivity contribution in [1.82, 2.24) is 5.32 Å². The smallest absolute Gasteiger partial charge is 0.337 e. The molecule has 2 N–H and O–H groups in total. The second-order valence-electron chi connectivity index (χ2n) is 7.79. The molecule has 30 heavy (non-hydrogen) atoms. The Bertz CT molecular complexity index is 755. The lowest BCUT2D eigenvalue weighted by molar-refractivity contribution is -0.166. The minimum Gasteiger partial charge on any atom is -0.465 e. The third-order valence-electron chi connectivity index (χ3n) is 5.60. The molecule has 0 saturated heterocycles. The van der Waals surface area contributed by atoms with Crippen molar-refractivity contribution >= 4 is 11.9 Å². The summed E-state index contributed by atoms with van der Waals surface area (Å²) in [6, 6.07) is 7.17. The second-order valence-corrected chi connectivity index (χ2v) is 7.79. The number of aliphatic hydroxyl groups excluding tert-OH is 1. The zero-order valence-corrected chi connectivity index (χ0v) is 17.6. The number of carbonyl (C=O) groups excluding carboxylic acids is 2. The number of aliphatic hydroxyl groups is 1. The number of ether oxygens (including phenoxy) is 3. The Balaban J connectivity index is 1.88. The van der Waals surface area contributed by atoms with Gasteiger partial charge >= 0.3 is 5.97 Å². The average Bonchev–Trinajstić information content (AvgIpc) is 3.60. The van der Waals surface area contributed by atoms with Crippen LogP contribution in [-0.4, -0.2) is 50.1 Å². The fourth-order valence-electron chi connectivity index (χ4n) is 3.75. The van der Waals surface area contributed by atoms with E-state index < -0.39 is 12.3 Å². The molecule has 1 fully saturated rings. The van der Waals surface area contributed by atoms with Gasteiger partial charge in [0.15, 0.2) is 5.76 Å². The summed E-state index contributed by atoms with van der Waals surface area (Å²) in [5.74, 6) is -0.0101. The predicted octanol–water partition coefficient (Wildman–Crippen LogP) is 2.75. The summed E-state index contributed by atoms with van der Waals surface area (Å²) in [4.78, 5) is 24.5. The Hall–Kier alpha value is -2.38. The van der Waals surface area contributed by atoms with Gasteiger partial charge in [-0.3, -0.25) is 4.79 Å². The van der Waals surface area contributed by atoms with Gasteiger partial charge in [0.25, 0.3) is 5.91 Å². The van der Waals surface area contributed by atoms with Gasteiger partial charge in [0, 0.05) is 31.6 Å². The quantitative estimate of drug-likeness (QED) is 0.569. The maximum atomic E-state index is 12.7. The third kappa shape index (κ3) is 5.61. The molecule has 0 bridgehead atoms. The number of amides is 1. The first-order valence-electron chi connectivity index (χ1n) is 10.6. The number of carbonyl (C=O) groups is 2. The average molecular weight is 418 g/mol. The van der Waals surface area contributed by atoms with Crippen LogP contribution in [0.1, 0.15) is 54.4 Å². The molecule has 3 atom stereocenters. The predicted molar refractivity (Wildman–Crippen MR) is 111 cm³/mol. The maximum absolute atomic E-state index is 12.7. The highest BCUT2D eigenvalue weighted by Gasteiger charge is 2.38. The molecule has 1 aromatic rings. The Morgan fingerprint density at radius 3 is 2.57 bits per heavy atom. The van der Waals surface area contributed by atoms with Crippen molar-refractivity contribution in [2.24, 2.45) is 11.8 Å². The monoisotopic (exact) mass is 417 g/mol. The summed E-state index contributed by atoms with van der Waals surface area (Å²) in [5.41, 5.74) is 1.42. The fourth-order valence-corrected chi connectivity index (χ4v) is 3.75. The van der Waals surface area contributed by atoms with E-state index in [0.29, 0.717) is 37.5 Å². The van der Waals surface area contributed by atoms with Crippen LogP contribution in [0.5, 0.6) is 0 Å². The van der Waals surface area contributed by atoms with Gasteiger partial charge in [0.05, 0.1) is 12.7 Å². The van der Waals surface area contributed by atoms with Crippen LogP contribution >= 0.6 is 0 Å². The Morgan fingerprint density at radius 1 is 1.23 bits per heavy atom. The number of hydrogen-bond donors (Lipinski definition) is 2. The van der Waals surface area contributed by atoms with Crippen LogP contribution in [0.3, 0.4) is 0 Å². The highest BCUT2D eigenvalue weighted by molar-refractivity contribution is 5.92. The van der Waals surface area contributed by atoms with Crippen LogP contribution in [0.25, 0.3) is 0 Å². The van der Waals surface area contributed by atoms with Gasteiger partial charge in [0.1, 0.15) is 0 Å². The number of benzene rings is 1. The number of allylic oxidation sites excluding steroid dienone is 1. The van der Waals surface area contributed by atoms with Crippen molar-refractivity contribution in [3.63, 3.8) is 0 Å². The van der Waals surface area contributed by atoms with E-state index in [1.165, 1.54) is 7.11 Å². The normalized spacial score (nSPS) is 23.3. The van der Waals surface area contributed by atoms with E-state index in [9.17, 15) is 14.7 Å². The summed E-state index contributed by atoms with van der Waals surface area (Å²) in [6.45, 7) is 3.07. The molecule has 1 aromatic carbocycles. The van der Waals surface area contributed by atoms with E-state index in [4.69, 9.17) is 14.2 Å². The maximum Gasteiger partial charge on any atom is 0.337 e. The second kappa shape index (κ2) is 10.6. The van der Waals surface area contributed by atoms with Crippen molar-refractivity contribution in [3.8, 4) is 0 Å². The van der Waals surface area contributed by atoms with Gasteiger partial charge in [0.2, 0.25) is 6.29 Å². The highest BCUT2D eigenvalue weighted by Crippen LogP contribution is 2.39. The van der Waals surface area contributed by atoms with E-state index in [1.54, 1.807) is 12.1 Å². The lowest BCUT2D eigenvalue weighted by Gasteiger charge is -2.37. The molecule has 7 heteroatoms. The number of rotatable bonds is 10. The summed E-state index contributed by atoms with van der Waals surface area (Å²) in [6.07, 6.45) is 4.84. The number of nitrogens with one attached hydrogen (secondary N) is 1. The fraction of sp³-hybridized carbons (Fsp3) is 0.565. The molecule has 0 spiro atoms. The summed E-state index contributed by atoms with van der Waals surface area (Å²) < 4.78 is 16.6. The van der Waals surface area contributed by atoms with Crippen LogP contribution in [-0.2, 0) is 19.0 Å². The van der Waals surface area contributed by atoms with Gasteiger partial charge in [-0.25, -0.2) is 4.79 Å². The minimum atomic E-state index is -0.585. The number of hydrogen-bond acceptors (Lipinski definition) is 6. The van der Waals surface area contributed by atoms with E-state index in [2.05, 4.69) is 5.32 Å². The molecule has 3 rings (SSSR count). The molecule has 0 aromatic heterocycles. The molecule has 1 amide bonds. The zero-order chi connectivity index (χ0) is 21.5. The molecule has 164 valence electrons. The SMILES string of the molecule is CCO[C@H]1OC(C(=O)NCC2CC2)=C[C@@H](c2ccc(C(=O)OC)cc2)[C@H]1CCCO. The Labute approximate surface area is 177 Å². The van der Waals surface area contributed by atoms with Crippen LogP contribution in [0.15, 0.2) is 36.1 Å². The van der Waals surface area contributed by atoms with E-state index >= 15 is 0 Å². The van der Waals surface area contributed by atoms with Gasteiger partial charge in [-0.05, 0) is 62.3 Å². The largest absolute Gasteiger partial charge is 0.465 e. The van der Waals surface area contributed by atoms with Crippen molar-refractivity contribution < 1.29 is 28.9 Å². The molecule has 0 radical (unpaired) electrons. The van der Waals surface area contributed by atoms with Crippen LogP contribution in [0.4, 0.5) is 0 Å². The summed E-state index contributed by atoms with van der Waals surface area (Å²) in [7, 11) is 1.35. The van der Waals surface area contributed by atoms with Crippen LogP contribution in [0, 0.1) is 11.8 Å². The minimum absolute atomic E-state index is 0.0685. The molecule has 1 saturated carbocycles. The Morgan fingerprint density at radius 2 is 1.97 bits per heavy atom. The Kier molecular flexibility index (Phi) is 7.87. The molecule has 1 aliphatic heterocycles. The van der Waals surface area contributed by atoms with Gasteiger partial charge in [-0.2, -0.15) is 0 Å². The topological polar surface area (TPSA) is 94.1 Å². The molecular weight excluding hydrogens is 386 g/mol. The lowest BCUT2D eigenvalue weighted by atomic mass is 9.80. The van der Waals surface area contributed by atoms with E-state index in [1.807, 2.05) is 25.1 Å². The first-order valence-corrected chi connectivity index (χ1v) is 10.6. The molecule has 2 aliphatic rings. The molecule has 1 aliphatic carbocycles. The van der Waals surface area contributed by atoms with Crippen molar-refractivity contribution in [1.29, 1.82) is 0 Å². The zero-order valence-electron chi connectivity index (χ0n) is 17.6. The molecular formula is C23H31NO6. The van der Waals surface area contributed by atoms with Crippen LogP contribution < -0.4 is 5.32 Å². The van der Waals surface area contributed by atoms with Gasteiger partial charge < -0.3 is 24.6 Å². The van der Waals surface area contributed by atoms with Crippen molar-refractivity contribution in [2.45, 2.75) is 44.8 Å². The standard InChI is InChI=1S/C23H31NO6/c1-3-29-23-18(5-4-12-25)19(16-8-10-17(11-9-16)22(27)28-2)13-20(30-23)21(26)24-14-15-6-7-15/h8-11,13,15,18-19,23,25H,3-7,12,14H2,1-2H3,(H,24,26)/t18-,19+,23+/m1/s1. The lowest BCUT2D eigenvalue weighted by Crippen LogP contribution is -2.39. The van der Waals surface area contributed by atoms with E-state index in [-0.39, 0.29) is 30.1 Å². The van der Waals surface area contributed by atoms with Crippen molar-refractivity contribution in [3.05, 3.63) is 47.2 Å². The molecule has 1 heterocycles. The summed E-state index contributed by atoms with van der Waals surface area (Å²) >= 11 is 0. The van der Waals surface area contributed by atoms with Crippen LogP contribution in [0.2, 0.25) is 0 Å². The van der Waals surface area contributed by atoms with E-state index in [0.717, 1.165) is 18.4 Å². The summed E-state index contributed by atoms with van der Waals surface area (Å²) in [5, 5.41) is 12.3. The molecule has 0 unspecified atom stereocenters.